The van der Waals surface area contributed by atoms with Crippen LogP contribution >= 0.6 is 7.49 Å². The van der Waals surface area contributed by atoms with Gasteiger partial charge in [-0.1, -0.05) is 0 Å². The van der Waals surface area contributed by atoms with Crippen LogP contribution in [-0.4, -0.2) is 27.0 Å². The van der Waals surface area contributed by atoms with Crippen molar-refractivity contribution in [1.82, 2.24) is 0 Å². The van der Waals surface area contributed by atoms with Crippen molar-refractivity contribution in [2.24, 2.45) is 0 Å². The van der Waals surface area contributed by atoms with Crippen molar-refractivity contribution >= 4 is 18.1 Å². The summed E-state index contributed by atoms with van der Waals surface area (Å²) in [5, 5.41) is 2.58. The van der Waals surface area contributed by atoms with Gasteiger partial charge in [0.2, 0.25) is 0 Å². The zero-order valence-electron chi connectivity index (χ0n) is 11.5. The minimum absolute atomic E-state index is 0.627. The molecule has 0 heterocycles. The monoisotopic (exact) mass is 276 g/mol. The van der Waals surface area contributed by atoms with Gasteiger partial charge in [0.05, 0.1) is 0 Å². The molecule has 0 N–H and O–H groups in total. The summed E-state index contributed by atoms with van der Waals surface area (Å²) >= 11 is 0. The fraction of sp³-hybridized carbons (Fsp3) is 0.250. The summed E-state index contributed by atoms with van der Waals surface area (Å²) in [6.07, 6.45) is 0. The standard InChI is InChI=1S/C16H21O2P/c1-17-13-14-18-19(2,15-9-5-3-6-10-15)16-11-7-4-8-12-16/h3-12,19H,13-14H2,1-2H3. The van der Waals surface area contributed by atoms with E-state index >= 15 is 0 Å². The fourth-order valence-corrected chi connectivity index (χ4v) is 4.99. The summed E-state index contributed by atoms with van der Waals surface area (Å²) in [7, 11) is -0.417. The normalized spacial score (nSPS) is 12.3. The van der Waals surface area contributed by atoms with Crippen LogP contribution in [0.5, 0.6) is 0 Å². The predicted octanol–water partition coefficient (Wildman–Crippen LogP) is 2.60. The van der Waals surface area contributed by atoms with Gasteiger partial charge in [-0.3, -0.25) is 0 Å². The van der Waals surface area contributed by atoms with Crippen LogP contribution in [0.1, 0.15) is 0 Å². The number of hydrogen-bond acceptors (Lipinski definition) is 2. The molecule has 2 nitrogen and oxygen atoms in total. The maximum absolute atomic E-state index is 6.26. The average Bonchev–Trinajstić information content (AvgIpc) is 2.49. The van der Waals surface area contributed by atoms with E-state index in [9.17, 15) is 0 Å². The van der Waals surface area contributed by atoms with E-state index in [0.717, 1.165) is 0 Å². The zero-order chi connectivity index (χ0) is 13.6. The molecule has 0 amide bonds. The summed E-state index contributed by atoms with van der Waals surface area (Å²) in [6.45, 7) is 3.50. The summed E-state index contributed by atoms with van der Waals surface area (Å²) in [6, 6.07) is 21.0. The molecule has 0 saturated heterocycles. The second-order valence-corrected chi connectivity index (χ2v) is 8.12. The molecule has 2 rings (SSSR count). The molecule has 102 valence electrons. The molecule has 3 heteroatoms. The van der Waals surface area contributed by atoms with E-state index in [1.54, 1.807) is 7.11 Å². The molecular formula is C16H21O2P. The Morgan fingerprint density at radius 1 is 0.789 bits per heavy atom. The van der Waals surface area contributed by atoms with E-state index < -0.39 is 7.49 Å². The van der Waals surface area contributed by atoms with Crippen LogP contribution in [0.4, 0.5) is 0 Å². The van der Waals surface area contributed by atoms with Crippen LogP contribution in [0, 0.1) is 0 Å². The predicted molar refractivity (Wildman–Crippen MR) is 84.2 cm³/mol. The molecule has 0 aliphatic heterocycles. The Hall–Kier alpha value is -1.21. The summed E-state index contributed by atoms with van der Waals surface area (Å²) in [4.78, 5) is 0. The number of hydrogen-bond donors (Lipinski definition) is 0. The van der Waals surface area contributed by atoms with Gasteiger partial charge in [0, 0.05) is 0 Å². The second-order valence-electron chi connectivity index (χ2n) is 4.61. The van der Waals surface area contributed by atoms with Crippen molar-refractivity contribution in [2.75, 3.05) is 27.0 Å². The first kappa shape index (κ1) is 14.2. The minimum atomic E-state index is -2.12. The van der Waals surface area contributed by atoms with Gasteiger partial charge in [-0.2, -0.15) is 0 Å². The molecule has 0 aromatic heterocycles. The first-order valence-electron chi connectivity index (χ1n) is 6.51. The van der Waals surface area contributed by atoms with Crippen molar-refractivity contribution in [3.05, 3.63) is 60.7 Å². The molecule has 0 fully saturated rings. The number of ether oxygens (including phenoxy) is 1. The Labute approximate surface area is 115 Å². The van der Waals surface area contributed by atoms with Crippen LogP contribution in [0.2, 0.25) is 0 Å². The van der Waals surface area contributed by atoms with Crippen LogP contribution in [0.15, 0.2) is 60.7 Å². The Kier molecular flexibility index (Phi) is 5.09. The van der Waals surface area contributed by atoms with Crippen LogP contribution in [0.25, 0.3) is 0 Å². The molecule has 0 aliphatic rings. The molecule has 19 heavy (non-hydrogen) atoms. The molecule has 2 aromatic rings. The Balaban J connectivity index is 2.33. The third-order valence-electron chi connectivity index (χ3n) is 3.33. The van der Waals surface area contributed by atoms with E-state index in [0.29, 0.717) is 13.2 Å². The van der Waals surface area contributed by atoms with Gasteiger partial charge < -0.3 is 0 Å². The fourth-order valence-electron chi connectivity index (χ4n) is 2.17. The van der Waals surface area contributed by atoms with Crippen LogP contribution < -0.4 is 10.6 Å². The number of methoxy groups -OCH3 is 1. The van der Waals surface area contributed by atoms with E-state index in [1.165, 1.54) is 10.6 Å². The van der Waals surface area contributed by atoms with Crippen molar-refractivity contribution < 1.29 is 9.26 Å². The summed E-state index contributed by atoms with van der Waals surface area (Å²) < 4.78 is 11.4. The summed E-state index contributed by atoms with van der Waals surface area (Å²) in [5.74, 6) is 0. The zero-order valence-corrected chi connectivity index (χ0v) is 12.5. The van der Waals surface area contributed by atoms with Gasteiger partial charge in [-0.15, -0.1) is 0 Å². The Bertz CT molecular complexity index is 445. The number of benzene rings is 2. The molecule has 0 bridgehead atoms. The van der Waals surface area contributed by atoms with Crippen molar-refractivity contribution in [3.8, 4) is 0 Å². The van der Waals surface area contributed by atoms with Crippen molar-refractivity contribution in [3.63, 3.8) is 0 Å². The third-order valence-corrected chi connectivity index (χ3v) is 6.98. The molecule has 0 saturated carbocycles. The molecule has 0 unspecified atom stereocenters. The number of rotatable bonds is 6. The van der Waals surface area contributed by atoms with E-state index in [2.05, 4.69) is 55.2 Å². The molecule has 0 radical (unpaired) electrons. The maximum atomic E-state index is 6.26. The Morgan fingerprint density at radius 3 is 1.68 bits per heavy atom. The van der Waals surface area contributed by atoms with Crippen LogP contribution in [0.3, 0.4) is 0 Å². The van der Waals surface area contributed by atoms with Crippen molar-refractivity contribution in [1.29, 1.82) is 0 Å². The van der Waals surface area contributed by atoms with E-state index in [-0.39, 0.29) is 0 Å². The molecule has 2 aromatic carbocycles. The SMILES string of the molecule is COCCO[PH](C)(c1ccccc1)c1ccccc1. The molecule has 0 spiro atoms. The van der Waals surface area contributed by atoms with Gasteiger partial charge in [0.15, 0.2) is 0 Å². The Morgan fingerprint density at radius 2 is 1.26 bits per heavy atom. The molecule has 0 atom stereocenters. The average molecular weight is 276 g/mol. The van der Waals surface area contributed by atoms with Gasteiger partial charge in [-0.25, -0.2) is 0 Å². The van der Waals surface area contributed by atoms with Gasteiger partial charge >= 0.3 is 115 Å². The van der Waals surface area contributed by atoms with Gasteiger partial charge in [0.1, 0.15) is 0 Å². The summed E-state index contributed by atoms with van der Waals surface area (Å²) in [5.41, 5.74) is 0. The van der Waals surface area contributed by atoms with E-state index in [1.807, 2.05) is 12.1 Å². The topological polar surface area (TPSA) is 18.5 Å². The van der Waals surface area contributed by atoms with Gasteiger partial charge in [-0.05, 0) is 0 Å². The molecule has 0 aliphatic carbocycles. The quantitative estimate of drug-likeness (QED) is 0.596. The molecular weight excluding hydrogens is 255 g/mol. The third kappa shape index (κ3) is 3.42. The first-order valence-corrected chi connectivity index (χ1v) is 8.92. The van der Waals surface area contributed by atoms with Crippen molar-refractivity contribution in [2.45, 2.75) is 0 Å². The first-order chi connectivity index (χ1) is 9.27. The van der Waals surface area contributed by atoms with Crippen LogP contribution in [-0.2, 0) is 9.26 Å². The second kappa shape index (κ2) is 6.81. The van der Waals surface area contributed by atoms with E-state index in [4.69, 9.17) is 9.26 Å². The van der Waals surface area contributed by atoms with Gasteiger partial charge in [0.25, 0.3) is 0 Å².